The monoisotopic (exact) mass is 575 g/mol. The van der Waals surface area contributed by atoms with Crippen molar-refractivity contribution in [2.45, 2.75) is 44.1 Å². The Balaban J connectivity index is 1.13. The molecule has 0 bridgehead atoms. The Labute approximate surface area is 239 Å². The first-order valence-corrected chi connectivity index (χ1v) is 13.5. The Morgan fingerprint density at radius 2 is 1.76 bits per heavy atom. The van der Waals surface area contributed by atoms with Gasteiger partial charge in [-0.1, -0.05) is 12.1 Å². The van der Waals surface area contributed by atoms with E-state index in [1.54, 1.807) is 25.4 Å². The van der Waals surface area contributed by atoms with Crippen molar-refractivity contribution in [3.63, 3.8) is 0 Å². The minimum Gasteiger partial charge on any atom is -0.497 e. The summed E-state index contributed by atoms with van der Waals surface area (Å²) < 4.78 is 47.7. The summed E-state index contributed by atoms with van der Waals surface area (Å²) >= 11 is 0. The molecule has 2 atom stereocenters. The molecule has 5 aromatic rings. The largest absolute Gasteiger partial charge is 0.497 e. The number of nitrogens with one attached hydrogen (secondary N) is 2. The number of alkyl halides is 3. The van der Waals surface area contributed by atoms with Crippen molar-refractivity contribution >= 4 is 22.9 Å². The van der Waals surface area contributed by atoms with Crippen LogP contribution in [0, 0.1) is 0 Å². The minimum absolute atomic E-state index is 0.134. The van der Waals surface area contributed by atoms with Gasteiger partial charge in [-0.15, -0.1) is 0 Å². The summed E-state index contributed by atoms with van der Waals surface area (Å²) in [5, 5.41) is 7.02. The number of benzene rings is 1. The number of ether oxygens (including phenoxy) is 1. The zero-order valence-electron chi connectivity index (χ0n) is 22.7. The predicted octanol–water partition coefficient (Wildman–Crippen LogP) is 5.50. The van der Waals surface area contributed by atoms with Crippen molar-refractivity contribution in [1.82, 2.24) is 24.1 Å². The van der Waals surface area contributed by atoms with Gasteiger partial charge in [0.1, 0.15) is 22.6 Å². The smallest absolute Gasteiger partial charge is 0.421 e. The molecule has 9 nitrogen and oxygen atoms in total. The van der Waals surface area contributed by atoms with Crippen LogP contribution in [0.4, 0.5) is 24.9 Å². The van der Waals surface area contributed by atoms with Crippen molar-refractivity contribution in [3.8, 4) is 11.4 Å². The summed E-state index contributed by atoms with van der Waals surface area (Å²) in [7, 11) is 1.64. The number of aromatic nitrogens is 5. The second kappa shape index (κ2) is 11.2. The number of methoxy groups -OCH3 is 1. The molecule has 1 aliphatic rings. The number of rotatable bonds is 8. The van der Waals surface area contributed by atoms with Crippen LogP contribution in [0.1, 0.15) is 30.4 Å². The van der Waals surface area contributed by atoms with Crippen LogP contribution in [0.5, 0.6) is 5.75 Å². The van der Waals surface area contributed by atoms with E-state index >= 15 is 0 Å². The maximum Gasteiger partial charge on any atom is 0.421 e. The van der Waals surface area contributed by atoms with Crippen LogP contribution in [0.2, 0.25) is 0 Å². The van der Waals surface area contributed by atoms with Gasteiger partial charge in [0.2, 0.25) is 5.95 Å². The summed E-state index contributed by atoms with van der Waals surface area (Å²) in [5.41, 5.74) is 0.608. The van der Waals surface area contributed by atoms with Crippen molar-refractivity contribution < 1.29 is 17.9 Å². The summed E-state index contributed by atoms with van der Waals surface area (Å²) in [6.07, 6.45) is 2.35. The molecule has 0 radical (unpaired) electrons. The van der Waals surface area contributed by atoms with Gasteiger partial charge in [0.25, 0.3) is 5.56 Å². The number of nitrogens with zero attached hydrogens (tertiary/aromatic N) is 5. The molecule has 1 saturated carbocycles. The first-order chi connectivity index (χ1) is 20.3. The molecule has 4 heterocycles. The number of hydrogen-bond acceptors (Lipinski definition) is 7. The first-order valence-electron chi connectivity index (χ1n) is 13.5. The van der Waals surface area contributed by atoms with E-state index < -0.39 is 17.3 Å². The Bertz CT molecular complexity index is 1750. The summed E-state index contributed by atoms with van der Waals surface area (Å²) in [4.78, 5) is 26.1. The highest BCUT2D eigenvalue weighted by Crippen LogP contribution is 2.29. The fourth-order valence-electron chi connectivity index (χ4n) is 5.29. The quantitative estimate of drug-likeness (QED) is 0.252. The molecule has 0 saturated heterocycles. The highest BCUT2D eigenvalue weighted by Gasteiger charge is 2.34. The molecule has 1 aromatic carbocycles. The van der Waals surface area contributed by atoms with Gasteiger partial charge in [-0.3, -0.25) is 13.9 Å². The highest BCUT2D eigenvalue weighted by atomic mass is 19.4. The third-order valence-electron chi connectivity index (χ3n) is 7.40. The second-order valence-electron chi connectivity index (χ2n) is 10.2. The number of imidazole rings is 1. The molecule has 0 unspecified atom stereocenters. The maximum atomic E-state index is 13.1. The van der Waals surface area contributed by atoms with Gasteiger partial charge >= 0.3 is 6.18 Å². The molecule has 6 rings (SSSR count). The van der Waals surface area contributed by atoms with Gasteiger partial charge in [-0.2, -0.15) is 13.2 Å². The van der Waals surface area contributed by atoms with E-state index in [1.165, 1.54) is 18.5 Å². The minimum atomic E-state index is -4.72. The molecule has 0 spiro atoms. The number of anilines is 2. The summed E-state index contributed by atoms with van der Waals surface area (Å²) in [6.45, 7) is 0.597. The molecule has 0 amide bonds. The van der Waals surface area contributed by atoms with E-state index in [0.717, 1.165) is 58.3 Å². The van der Waals surface area contributed by atoms with Gasteiger partial charge in [0.15, 0.2) is 5.65 Å². The van der Waals surface area contributed by atoms with Crippen LogP contribution in [0.15, 0.2) is 84.0 Å². The van der Waals surface area contributed by atoms with Crippen molar-refractivity contribution in [2.75, 3.05) is 17.7 Å². The van der Waals surface area contributed by atoms with Crippen molar-refractivity contribution in [1.29, 1.82) is 0 Å². The van der Waals surface area contributed by atoms with Gasteiger partial charge < -0.3 is 15.4 Å². The molecule has 1 aliphatic carbocycles. The van der Waals surface area contributed by atoms with E-state index in [1.807, 2.05) is 36.4 Å². The zero-order valence-corrected chi connectivity index (χ0v) is 22.7. The number of halogens is 3. The Hall–Kier alpha value is -4.87. The van der Waals surface area contributed by atoms with Gasteiger partial charge in [-0.05, 0) is 73.4 Å². The van der Waals surface area contributed by atoms with Crippen molar-refractivity contribution in [3.05, 3.63) is 101 Å². The van der Waals surface area contributed by atoms with Crippen LogP contribution in [0.25, 0.3) is 16.9 Å². The van der Waals surface area contributed by atoms with E-state index in [9.17, 15) is 18.0 Å². The van der Waals surface area contributed by atoms with Crippen LogP contribution < -0.4 is 20.9 Å². The summed E-state index contributed by atoms with van der Waals surface area (Å²) in [6, 6.07) is 17.2. The Morgan fingerprint density at radius 3 is 2.48 bits per heavy atom. The SMILES string of the molecule is COc1ccc(Cn2c(N[C@H]3CC[C@H](Nc4ccc(-n5cccc(C(F)(F)F)c5=O)cn4)C3)nc3cccnc32)cc1. The molecule has 1 fully saturated rings. The van der Waals surface area contributed by atoms with Crippen LogP contribution in [-0.2, 0) is 12.7 Å². The standard InChI is InChI=1S/C30H28F3N7O2/c1-42-23-11-6-19(7-12-23)18-40-27-25(5-2-14-34-27)38-29(40)37-21-9-8-20(16-21)36-26-13-10-22(17-35-26)39-15-3-4-24(28(39)41)30(31,32)33/h2-7,10-15,17,20-21H,8-9,16,18H2,1H3,(H,35,36)(H,37,38)/t20-,21-/m0/s1. The first kappa shape index (κ1) is 27.3. The van der Waals surface area contributed by atoms with E-state index in [4.69, 9.17) is 9.72 Å². The molecule has 42 heavy (non-hydrogen) atoms. The maximum absolute atomic E-state index is 13.1. The Morgan fingerprint density at radius 1 is 0.976 bits per heavy atom. The lowest BCUT2D eigenvalue weighted by molar-refractivity contribution is -0.138. The van der Waals surface area contributed by atoms with E-state index in [2.05, 4.69) is 25.2 Å². The zero-order chi connectivity index (χ0) is 29.3. The third-order valence-corrected chi connectivity index (χ3v) is 7.40. The predicted molar refractivity (Wildman–Crippen MR) is 153 cm³/mol. The lowest BCUT2D eigenvalue weighted by Crippen LogP contribution is -2.27. The second-order valence-corrected chi connectivity index (χ2v) is 10.2. The lowest BCUT2D eigenvalue weighted by Gasteiger charge is -2.17. The molecular formula is C30H28F3N7O2. The third kappa shape index (κ3) is 5.65. The van der Waals surface area contributed by atoms with Crippen molar-refractivity contribution in [2.24, 2.45) is 0 Å². The van der Waals surface area contributed by atoms with Gasteiger partial charge in [0, 0.05) is 24.5 Å². The molecule has 12 heteroatoms. The van der Waals surface area contributed by atoms with Crippen LogP contribution >= 0.6 is 0 Å². The molecule has 216 valence electrons. The normalized spacial score (nSPS) is 17.0. The molecule has 0 aliphatic heterocycles. The number of hydrogen-bond donors (Lipinski definition) is 2. The summed E-state index contributed by atoms with van der Waals surface area (Å²) in [5.74, 6) is 2.13. The highest BCUT2D eigenvalue weighted by molar-refractivity contribution is 5.74. The fourth-order valence-corrected chi connectivity index (χ4v) is 5.29. The average molecular weight is 576 g/mol. The molecule has 2 N–H and O–H groups in total. The van der Waals surface area contributed by atoms with Crippen LogP contribution in [-0.4, -0.2) is 43.3 Å². The lowest BCUT2D eigenvalue weighted by atomic mass is 10.2. The average Bonchev–Trinajstić information content (AvgIpc) is 3.57. The van der Waals surface area contributed by atoms with E-state index in [0.29, 0.717) is 12.4 Å². The molecule has 4 aromatic heterocycles. The molecular weight excluding hydrogens is 547 g/mol. The van der Waals surface area contributed by atoms with Crippen LogP contribution in [0.3, 0.4) is 0 Å². The van der Waals surface area contributed by atoms with Gasteiger partial charge in [0.05, 0.1) is 25.5 Å². The fraction of sp³-hybridized carbons (Fsp3) is 0.267. The Kier molecular flexibility index (Phi) is 7.27. The topological polar surface area (TPSA) is 98.9 Å². The number of fused-ring (bicyclic) bond motifs is 1. The van der Waals surface area contributed by atoms with Gasteiger partial charge in [-0.25, -0.2) is 15.0 Å². The number of pyridine rings is 3. The van der Waals surface area contributed by atoms with E-state index in [-0.39, 0.29) is 17.8 Å².